The molecule has 2 aromatic rings. The Balaban J connectivity index is 1.60. The summed E-state index contributed by atoms with van der Waals surface area (Å²) >= 11 is 0. The predicted octanol–water partition coefficient (Wildman–Crippen LogP) is 3.21. The fourth-order valence-electron chi connectivity index (χ4n) is 4.15. The Morgan fingerprint density at radius 2 is 1.71 bits per heavy atom. The topological polar surface area (TPSA) is 114 Å². The SMILES string of the molecule is CCCCS(=O)(=O)NC(Cc1ccc(NC(=O)c2ccc(C3CCNCC3)cc2)cc1)C(=O)OC. The number of esters is 1. The highest BCUT2D eigenvalue weighted by Crippen LogP contribution is 2.25. The van der Waals surface area contributed by atoms with Crippen molar-refractivity contribution >= 4 is 27.6 Å². The minimum absolute atomic E-state index is 0.0409. The van der Waals surface area contributed by atoms with Crippen LogP contribution in [0.2, 0.25) is 0 Å². The number of sulfonamides is 1. The van der Waals surface area contributed by atoms with E-state index < -0.39 is 22.0 Å². The van der Waals surface area contributed by atoms with Gasteiger partial charge in [-0.15, -0.1) is 0 Å². The van der Waals surface area contributed by atoms with Gasteiger partial charge in [-0.05, 0) is 80.1 Å². The first-order valence-corrected chi connectivity index (χ1v) is 13.8. The summed E-state index contributed by atoms with van der Waals surface area (Å²) in [6.07, 6.45) is 3.60. The van der Waals surface area contributed by atoms with Gasteiger partial charge in [-0.2, -0.15) is 0 Å². The molecule has 0 aromatic heterocycles. The van der Waals surface area contributed by atoms with Crippen LogP contribution >= 0.6 is 0 Å². The van der Waals surface area contributed by atoms with Crippen molar-refractivity contribution in [2.24, 2.45) is 0 Å². The first-order valence-electron chi connectivity index (χ1n) is 12.1. The lowest BCUT2D eigenvalue weighted by atomic mass is 9.90. The van der Waals surface area contributed by atoms with Gasteiger partial charge < -0.3 is 15.4 Å². The molecule has 1 aliphatic heterocycles. The van der Waals surface area contributed by atoms with E-state index in [4.69, 9.17) is 4.74 Å². The van der Waals surface area contributed by atoms with Gasteiger partial charge >= 0.3 is 5.97 Å². The Bertz CT molecular complexity index is 1080. The number of benzene rings is 2. The smallest absolute Gasteiger partial charge is 0.324 e. The van der Waals surface area contributed by atoms with E-state index >= 15 is 0 Å². The van der Waals surface area contributed by atoms with Crippen molar-refractivity contribution in [3.8, 4) is 0 Å². The zero-order chi connectivity index (χ0) is 25.3. The van der Waals surface area contributed by atoms with Gasteiger partial charge in [-0.3, -0.25) is 9.59 Å². The van der Waals surface area contributed by atoms with E-state index in [0.29, 0.717) is 23.6 Å². The van der Waals surface area contributed by atoms with Crippen molar-refractivity contribution < 1.29 is 22.7 Å². The molecule has 0 spiro atoms. The predicted molar refractivity (Wildman–Crippen MR) is 137 cm³/mol. The van der Waals surface area contributed by atoms with Crippen LogP contribution in [-0.2, 0) is 26.0 Å². The number of amides is 1. The van der Waals surface area contributed by atoms with Gasteiger partial charge in [0.1, 0.15) is 6.04 Å². The van der Waals surface area contributed by atoms with Crippen molar-refractivity contribution in [2.45, 2.75) is 51.0 Å². The standard InChI is InChI=1S/C26H35N3O5S/c1-3-4-17-35(32,33)29-24(26(31)34-2)18-19-5-11-23(12-6-19)28-25(30)22-9-7-20(8-10-22)21-13-15-27-16-14-21/h5-12,21,24,27,29H,3-4,13-18H2,1-2H3,(H,28,30). The number of anilines is 1. The first kappa shape index (κ1) is 26.8. The zero-order valence-electron chi connectivity index (χ0n) is 20.4. The van der Waals surface area contributed by atoms with E-state index in [2.05, 4.69) is 15.4 Å². The highest BCUT2D eigenvalue weighted by Gasteiger charge is 2.25. The number of rotatable bonds is 11. The van der Waals surface area contributed by atoms with Crippen LogP contribution < -0.4 is 15.4 Å². The Kier molecular flexibility index (Phi) is 9.83. The van der Waals surface area contributed by atoms with Gasteiger partial charge in [-0.25, -0.2) is 13.1 Å². The molecule has 0 saturated carbocycles. The third kappa shape index (κ3) is 8.16. The van der Waals surface area contributed by atoms with Crippen molar-refractivity contribution in [3.05, 3.63) is 65.2 Å². The summed E-state index contributed by atoms with van der Waals surface area (Å²) in [5, 5.41) is 6.24. The normalized spacial score (nSPS) is 15.4. The van der Waals surface area contributed by atoms with Crippen LogP contribution in [-0.4, -0.2) is 52.3 Å². The third-order valence-corrected chi connectivity index (χ3v) is 7.68. The van der Waals surface area contributed by atoms with E-state index in [1.165, 1.54) is 12.7 Å². The third-order valence-electron chi connectivity index (χ3n) is 6.21. The van der Waals surface area contributed by atoms with Gasteiger partial charge in [0.05, 0.1) is 12.9 Å². The molecule has 190 valence electrons. The van der Waals surface area contributed by atoms with Crippen LogP contribution in [0.5, 0.6) is 0 Å². The van der Waals surface area contributed by atoms with Crippen LogP contribution in [0.25, 0.3) is 0 Å². The minimum atomic E-state index is -3.59. The molecule has 0 radical (unpaired) electrons. The first-order chi connectivity index (χ1) is 16.8. The summed E-state index contributed by atoms with van der Waals surface area (Å²) in [7, 11) is -2.36. The number of unbranched alkanes of at least 4 members (excludes halogenated alkanes) is 1. The Labute approximate surface area is 207 Å². The average molecular weight is 502 g/mol. The molecule has 8 nitrogen and oxygen atoms in total. The summed E-state index contributed by atoms with van der Waals surface area (Å²) in [6.45, 7) is 3.94. The number of nitrogens with one attached hydrogen (secondary N) is 3. The maximum absolute atomic E-state index is 12.7. The second-order valence-electron chi connectivity index (χ2n) is 8.87. The summed E-state index contributed by atoms with van der Waals surface area (Å²) in [4.78, 5) is 24.8. The van der Waals surface area contributed by atoms with Crippen molar-refractivity contribution in [3.63, 3.8) is 0 Å². The van der Waals surface area contributed by atoms with Gasteiger partial charge in [0, 0.05) is 11.3 Å². The average Bonchev–Trinajstić information content (AvgIpc) is 2.88. The molecule has 1 aliphatic rings. The number of hydrogen-bond donors (Lipinski definition) is 3. The van der Waals surface area contributed by atoms with Crippen LogP contribution in [0.15, 0.2) is 48.5 Å². The van der Waals surface area contributed by atoms with Crippen molar-refractivity contribution in [1.82, 2.24) is 10.0 Å². The maximum Gasteiger partial charge on any atom is 0.324 e. The van der Waals surface area contributed by atoms with E-state index in [0.717, 1.165) is 37.9 Å². The molecule has 1 atom stereocenters. The van der Waals surface area contributed by atoms with Crippen LogP contribution in [0.3, 0.4) is 0 Å². The van der Waals surface area contributed by atoms with E-state index in [9.17, 15) is 18.0 Å². The number of piperidine rings is 1. The molecule has 0 aliphatic carbocycles. The quantitative estimate of drug-likeness (QED) is 0.408. The highest BCUT2D eigenvalue weighted by molar-refractivity contribution is 7.89. The molecule has 1 fully saturated rings. The Morgan fingerprint density at radius 3 is 2.31 bits per heavy atom. The fourth-order valence-corrected chi connectivity index (χ4v) is 5.55. The van der Waals surface area contributed by atoms with Gasteiger partial charge in [-0.1, -0.05) is 37.6 Å². The van der Waals surface area contributed by atoms with Crippen molar-refractivity contribution in [2.75, 3.05) is 31.3 Å². The van der Waals surface area contributed by atoms with E-state index in [-0.39, 0.29) is 18.1 Å². The van der Waals surface area contributed by atoms with Gasteiger partial charge in [0.25, 0.3) is 5.91 Å². The molecule has 1 amide bonds. The number of hydrogen-bond acceptors (Lipinski definition) is 6. The molecular formula is C26H35N3O5S. The molecule has 1 unspecified atom stereocenters. The number of ether oxygens (including phenoxy) is 1. The summed E-state index contributed by atoms with van der Waals surface area (Å²) in [5.74, 6) is -0.354. The van der Waals surface area contributed by atoms with Crippen LogP contribution in [0.1, 0.15) is 60.0 Å². The Morgan fingerprint density at radius 1 is 1.06 bits per heavy atom. The monoisotopic (exact) mass is 501 g/mol. The number of methoxy groups -OCH3 is 1. The van der Waals surface area contributed by atoms with Crippen LogP contribution in [0, 0.1) is 0 Å². The molecule has 1 heterocycles. The molecule has 35 heavy (non-hydrogen) atoms. The number of carbonyl (C=O) groups is 2. The highest BCUT2D eigenvalue weighted by atomic mass is 32.2. The lowest BCUT2D eigenvalue weighted by Gasteiger charge is -2.23. The van der Waals surface area contributed by atoms with Crippen LogP contribution in [0.4, 0.5) is 5.69 Å². The summed E-state index contributed by atoms with van der Waals surface area (Å²) in [6, 6.07) is 13.7. The Hall–Kier alpha value is -2.75. The molecule has 3 N–H and O–H groups in total. The molecule has 9 heteroatoms. The number of carbonyl (C=O) groups excluding carboxylic acids is 2. The minimum Gasteiger partial charge on any atom is -0.468 e. The van der Waals surface area contributed by atoms with Gasteiger partial charge in [0.15, 0.2) is 0 Å². The molecule has 3 rings (SSSR count). The second kappa shape index (κ2) is 12.8. The molecule has 0 bridgehead atoms. The van der Waals surface area contributed by atoms with Gasteiger partial charge in [0.2, 0.25) is 10.0 Å². The van der Waals surface area contributed by atoms with E-state index in [1.807, 2.05) is 31.2 Å². The lowest BCUT2D eigenvalue weighted by Crippen LogP contribution is -2.43. The fraction of sp³-hybridized carbons (Fsp3) is 0.462. The second-order valence-corrected chi connectivity index (χ2v) is 10.7. The maximum atomic E-state index is 12.7. The summed E-state index contributed by atoms with van der Waals surface area (Å²) < 4.78 is 31.8. The molecular weight excluding hydrogens is 466 g/mol. The van der Waals surface area contributed by atoms with E-state index in [1.54, 1.807) is 24.3 Å². The largest absolute Gasteiger partial charge is 0.468 e. The van der Waals surface area contributed by atoms with Crippen molar-refractivity contribution in [1.29, 1.82) is 0 Å². The lowest BCUT2D eigenvalue weighted by molar-refractivity contribution is -0.142. The summed E-state index contributed by atoms with van der Waals surface area (Å²) in [5.41, 5.74) is 3.19. The zero-order valence-corrected chi connectivity index (χ0v) is 21.2. The molecule has 1 saturated heterocycles. The molecule has 2 aromatic carbocycles.